The van der Waals surface area contributed by atoms with E-state index in [0.717, 1.165) is 15.3 Å². The maximum absolute atomic E-state index is 12.9. The molecule has 0 heterocycles. The zero-order valence-corrected chi connectivity index (χ0v) is 14.2. The van der Waals surface area contributed by atoms with Crippen LogP contribution in [0.4, 0.5) is 4.39 Å². The Morgan fingerprint density at radius 2 is 1.72 bits per heavy atom. The molecule has 0 spiro atoms. The van der Waals surface area contributed by atoms with Crippen molar-refractivity contribution >= 4 is 22.1 Å². The SMILES string of the molecule is O=C(O)CCN(Cc1ccccc1)S(=O)(=O)/C=C/c1ccc(F)cc1. The molecule has 0 atom stereocenters. The minimum Gasteiger partial charge on any atom is -0.481 e. The number of rotatable bonds is 8. The second-order valence-electron chi connectivity index (χ2n) is 5.36. The maximum atomic E-state index is 12.9. The summed E-state index contributed by atoms with van der Waals surface area (Å²) in [6, 6.07) is 14.3. The average Bonchev–Trinajstić information content (AvgIpc) is 2.59. The molecule has 5 nitrogen and oxygen atoms in total. The molecule has 7 heteroatoms. The Morgan fingerprint density at radius 1 is 1.08 bits per heavy atom. The van der Waals surface area contributed by atoms with E-state index in [0.29, 0.717) is 5.56 Å². The van der Waals surface area contributed by atoms with E-state index in [1.807, 2.05) is 6.07 Å². The van der Waals surface area contributed by atoms with Gasteiger partial charge in [0.25, 0.3) is 0 Å². The predicted molar refractivity (Wildman–Crippen MR) is 93.5 cm³/mol. The Morgan fingerprint density at radius 3 is 2.32 bits per heavy atom. The first-order valence-electron chi connectivity index (χ1n) is 7.56. The molecule has 132 valence electrons. The summed E-state index contributed by atoms with van der Waals surface area (Å²) in [5.74, 6) is -1.48. The van der Waals surface area contributed by atoms with Gasteiger partial charge >= 0.3 is 5.97 Å². The lowest BCUT2D eigenvalue weighted by molar-refractivity contribution is -0.137. The number of hydrogen-bond acceptors (Lipinski definition) is 3. The number of carboxylic acids is 1. The number of carbonyl (C=O) groups is 1. The lowest BCUT2D eigenvalue weighted by Gasteiger charge is -2.19. The van der Waals surface area contributed by atoms with Crippen molar-refractivity contribution in [3.05, 3.63) is 76.9 Å². The van der Waals surface area contributed by atoms with Crippen molar-refractivity contribution in [3.8, 4) is 0 Å². The third-order valence-electron chi connectivity index (χ3n) is 3.44. The summed E-state index contributed by atoms with van der Waals surface area (Å²) in [6.45, 7) is -0.0650. The van der Waals surface area contributed by atoms with Gasteiger partial charge in [0.1, 0.15) is 5.82 Å². The van der Waals surface area contributed by atoms with Crippen molar-refractivity contribution in [2.24, 2.45) is 0 Å². The van der Waals surface area contributed by atoms with Crippen LogP contribution < -0.4 is 0 Å². The molecule has 0 aromatic heterocycles. The topological polar surface area (TPSA) is 74.7 Å². The highest BCUT2D eigenvalue weighted by molar-refractivity contribution is 7.92. The molecule has 0 amide bonds. The molecule has 0 aliphatic heterocycles. The first-order valence-corrected chi connectivity index (χ1v) is 9.07. The van der Waals surface area contributed by atoms with Gasteiger partial charge in [0.2, 0.25) is 10.0 Å². The van der Waals surface area contributed by atoms with E-state index in [4.69, 9.17) is 5.11 Å². The smallest absolute Gasteiger partial charge is 0.304 e. The van der Waals surface area contributed by atoms with Crippen LogP contribution in [0.2, 0.25) is 0 Å². The van der Waals surface area contributed by atoms with E-state index >= 15 is 0 Å². The summed E-state index contributed by atoms with van der Waals surface area (Å²) in [7, 11) is -3.83. The van der Waals surface area contributed by atoms with Crippen LogP contribution in [0, 0.1) is 5.82 Å². The summed E-state index contributed by atoms with van der Waals surface area (Å²) >= 11 is 0. The average molecular weight is 363 g/mol. The number of aliphatic carboxylic acids is 1. The summed E-state index contributed by atoms with van der Waals surface area (Å²) in [4.78, 5) is 10.8. The number of benzene rings is 2. The summed E-state index contributed by atoms with van der Waals surface area (Å²) < 4.78 is 39.1. The highest BCUT2D eigenvalue weighted by atomic mass is 32.2. The van der Waals surface area contributed by atoms with E-state index in [9.17, 15) is 17.6 Å². The van der Waals surface area contributed by atoms with E-state index in [1.165, 1.54) is 30.3 Å². The predicted octanol–water partition coefficient (Wildman–Crippen LogP) is 3.10. The molecule has 0 saturated heterocycles. The Labute approximate surface area is 146 Å². The molecule has 0 bridgehead atoms. The Hall–Kier alpha value is -2.51. The molecule has 2 aromatic rings. The van der Waals surface area contributed by atoms with Crippen LogP contribution in [0.1, 0.15) is 17.5 Å². The van der Waals surface area contributed by atoms with Crippen LogP contribution in [0.5, 0.6) is 0 Å². The van der Waals surface area contributed by atoms with Gasteiger partial charge in [0.05, 0.1) is 6.42 Å². The van der Waals surface area contributed by atoms with Crippen molar-refractivity contribution in [3.63, 3.8) is 0 Å². The lowest BCUT2D eigenvalue weighted by atomic mass is 10.2. The van der Waals surface area contributed by atoms with Gasteiger partial charge in [-0.05, 0) is 29.3 Å². The molecular formula is C18H18FNO4S. The minimum atomic E-state index is -3.83. The number of halogens is 1. The van der Waals surface area contributed by atoms with E-state index in [1.54, 1.807) is 24.3 Å². The monoisotopic (exact) mass is 363 g/mol. The zero-order chi connectivity index (χ0) is 18.3. The van der Waals surface area contributed by atoms with E-state index in [2.05, 4.69) is 0 Å². The van der Waals surface area contributed by atoms with Crippen LogP contribution in [0.3, 0.4) is 0 Å². The van der Waals surface area contributed by atoms with Gasteiger partial charge in [-0.3, -0.25) is 4.79 Å². The first-order chi connectivity index (χ1) is 11.9. The first kappa shape index (κ1) is 18.8. The molecule has 25 heavy (non-hydrogen) atoms. The van der Waals surface area contributed by atoms with Gasteiger partial charge < -0.3 is 5.11 Å². The third kappa shape index (κ3) is 6.13. The molecule has 0 aliphatic carbocycles. The Balaban J connectivity index is 2.20. The van der Waals surface area contributed by atoms with Crippen LogP contribution in [0.25, 0.3) is 6.08 Å². The van der Waals surface area contributed by atoms with Crippen LogP contribution in [-0.4, -0.2) is 30.3 Å². The fourth-order valence-electron chi connectivity index (χ4n) is 2.13. The van der Waals surface area contributed by atoms with Gasteiger partial charge in [0.15, 0.2) is 0 Å². The normalized spacial score (nSPS) is 11.9. The molecule has 2 rings (SSSR count). The van der Waals surface area contributed by atoms with Crippen LogP contribution >= 0.6 is 0 Å². The number of hydrogen-bond donors (Lipinski definition) is 1. The second-order valence-corrected chi connectivity index (χ2v) is 7.18. The van der Waals surface area contributed by atoms with Crippen molar-refractivity contribution in [1.29, 1.82) is 0 Å². The summed E-state index contributed by atoms with van der Waals surface area (Å²) in [6.07, 6.45) is 1.06. The summed E-state index contributed by atoms with van der Waals surface area (Å²) in [5.41, 5.74) is 1.29. The number of carboxylic acid groups (broad SMARTS) is 1. The molecule has 0 fully saturated rings. The molecule has 1 N–H and O–H groups in total. The largest absolute Gasteiger partial charge is 0.481 e. The van der Waals surface area contributed by atoms with Crippen molar-refractivity contribution < 1.29 is 22.7 Å². The van der Waals surface area contributed by atoms with E-state index < -0.39 is 21.8 Å². The van der Waals surface area contributed by atoms with Crippen LogP contribution in [-0.2, 0) is 21.4 Å². The van der Waals surface area contributed by atoms with Crippen molar-refractivity contribution in [2.45, 2.75) is 13.0 Å². The number of sulfonamides is 1. The fraction of sp³-hybridized carbons (Fsp3) is 0.167. The van der Waals surface area contributed by atoms with Gasteiger partial charge in [-0.1, -0.05) is 42.5 Å². The summed E-state index contributed by atoms with van der Waals surface area (Å²) in [5, 5.41) is 9.86. The van der Waals surface area contributed by atoms with Crippen molar-refractivity contribution in [1.82, 2.24) is 4.31 Å². The Bertz CT molecular complexity index is 833. The Kier molecular flexibility index (Phi) is 6.44. The quantitative estimate of drug-likeness (QED) is 0.782. The van der Waals surface area contributed by atoms with Crippen molar-refractivity contribution in [2.75, 3.05) is 6.54 Å². The van der Waals surface area contributed by atoms with Gasteiger partial charge in [-0.15, -0.1) is 0 Å². The van der Waals surface area contributed by atoms with E-state index in [-0.39, 0.29) is 19.5 Å². The third-order valence-corrected chi connectivity index (χ3v) is 4.95. The lowest BCUT2D eigenvalue weighted by Crippen LogP contribution is -2.31. The molecule has 0 aliphatic rings. The standard InChI is InChI=1S/C18H18FNO4S/c19-17-8-6-15(7-9-17)11-13-25(23,24)20(12-10-18(21)22)14-16-4-2-1-3-5-16/h1-9,11,13H,10,12,14H2,(H,21,22)/b13-11+. The van der Waals surface area contributed by atoms with Gasteiger partial charge in [-0.25, -0.2) is 12.8 Å². The number of nitrogens with zero attached hydrogens (tertiary/aromatic N) is 1. The zero-order valence-electron chi connectivity index (χ0n) is 13.4. The van der Waals surface area contributed by atoms with Crippen LogP contribution in [0.15, 0.2) is 60.0 Å². The second kappa shape index (κ2) is 8.55. The highest BCUT2D eigenvalue weighted by Crippen LogP contribution is 2.14. The maximum Gasteiger partial charge on any atom is 0.304 e. The minimum absolute atomic E-state index is 0.0736. The molecule has 2 aromatic carbocycles. The van der Waals surface area contributed by atoms with Gasteiger partial charge in [0, 0.05) is 18.5 Å². The fourth-order valence-corrected chi connectivity index (χ4v) is 3.30. The highest BCUT2D eigenvalue weighted by Gasteiger charge is 2.20. The molecule has 0 radical (unpaired) electrons. The molecule has 0 unspecified atom stereocenters. The molecular weight excluding hydrogens is 345 g/mol. The van der Waals surface area contributed by atoms with Gasteiger partial charge in [-0.2, -0.15) is 4.31 Å². The molecule has 0 saturated carbocycles.